The number of methoxy groups -OCH3 is 1. The summed E-state index contributed by atoms with van der Waals surface area (Å²) < 4.78 is 17.4. The SMILES string of the molecule is CCCC1(OC)CCCC[Si]1(OC)OC.N=C=N. The van der Waals surface area contributed by atoms with Gasteiger partial charge in [-0.1, -0.05) is 26.2 Å². The van der Waals surface area contributed by atoms with Crippen molar-refractivity contribution in [3.8, 4) is 0 Å². The van der Waals surface area contributed by atoms with E-state index in [1.165, 1.54) is 18.9 Å². The van der Waals surface area contributed by atoms with Crippen molar-refractivity contribution in [3.63, 3.8) is 0 Å². The first-order chi connectivity index (χ1) is 8.61. The van der Waals surface area contributed by atoms with Gasteiger partial charge in [-0.15, -0.1) is 0 Å². The molecule has 0 saturated carbocycles. The molecule has 18 heavy (non-hydrogen) atoms. The molecule has 1 atom stereocenters. The van der Waals surface area contributed by atoms with Gasteiger partial charge >= 0.3 is 8.56 Å². The minimum atomic E-state index is -2.15. The van der Waals surface area contributed by atoms with Crippen molar-refractivity contribution in [2.45, 2.75) is 50.3 Å². The summed E-state index contributed by atoms with van der Waals surface area (Å²) in [6.45, 7) is 2.19. The topological polar surface area (TPSA) is 75.4 Å². The molecule has 6 heteroatoms. The lowest BCUT2D eigenvalue weighted by molar-refractivity contribution is -0.0149. The van der Waals surface area contributed by atoms with Crippen LogP contribution in [0.4, 0.5) is 0 Å². The third-order valence-corrected chi connectivity index (χ3v) is 8.16. The van der Waals surface area contributed by atoms with Gasteiger partial charge in [0.05, 0.1) is 6.01 Å². The van der Waals surface area contributed by atoms with E-state index >= 15 is 0 Å². The molecule has 1 unspecified atom stereocenters. The van der Waals surface area contributed by atoms with Crippen molar-refractivity contribution in [2.75, 3.05) is 21.3 Å². The Balaban J connectivity index is 0.000000873. The van der Waals surface area contributed by atoms with Crippen LogP contribution in [-0.4, -0.2) is 41.1 Å². The van der Waals surface area contributed by atoms with E-state index in [-0.39, 0.29) is 5.22 Å². The average Bonchev–Trinajstić information content (AvgIpc) is 2.40. The van der Waals surface area contributed by atoms with E-state index in [9.17, 15) is 0 Å². The van der Waals surface area contributed by atoms with Gasteiger partial charge in [0.1, 0.15) is 5.22 Å². The second kappa shape index (κ2) is 8.56. The van der Waals surface area contributed by atoms with E-state index < -0.39 is 8.56 Å². The first-order valence-corrected chi connectivity index (χ1v) is 8.38. The molecule has 1 heterocycles. The zero-order valence-corrected chi connectivity index (χ0v) is 13.0. The third-order valence-electron chi connectivity index (χ3n) is 3.73. The molecular formula is C12H26N2O3Si. The molecule has 0 spiro atoms. The molecule has 1 aliphatic heterocycles. The largest absolute Gasteiger partial charge is 0.396 e. The van der Waals surface area contributed by atoms with Crippen LogP contribution in [0, 0.1) is 10.8 Å². The van der Waals surface area contributed by atoms with Gasteiger partial charge < -0.3 is 13.6 Å². The highest BCUT2D eigenvalue weighted by Gasteiger charge is 2.58. The number of hydrogen-bond donors (Lipinski definition) is 2. The lowest BCUT2D eigenvalue weighted by Gasteiger charge is -2.47. The Morgan fingerprint density at radius 1 is 1.17 bits per heavy atom. The summed E-state index contributed by atoms with van der Waals surface area (Å²) in [5, 5.41) is 11.1. The Morgan fingerprint density at radius 3 is 2.11 bits per heavy atom. The molecule has 0 amide bonds. The maximum atomic E-state index is 5.83. The van der Waals surface area contributed by atoms with Crippen molar-refractivity contribution in [1.29, 1.82) is 10.8 Å². The van der Waals surface area contributed by atoms with Gasteiger partial charge in [0.2, 0.25) is 0 Å². The maximum absolute atomic E-state index is 5.83. The van der Waals surface area contributed by atoms with Crippen LogP contribution in [0.25, 0.3) is 0 Å². The molecule has 5 nitrogen and oxygen atoms in total. The molecule has 0 aromatic heterocycles. The summed E-state index contributed by atoms with van der Waals surface area (Å²) in [7, 11) is 3.22. The maximum Gasteiger partial charge on any atom is 0.370 e. The normalized spacial score (nSPS) is 25.8. The van der Waals surface area contributed by atoms with Crippen molar-refractivity contribution in [2.24, 2.45) is 0 Å². The number of nitrogens with one attached hydrogen (secondary N) is 2. The zero-order valence-electron chi connectivity index (χ0n) is 12.0. The van der Waals surface area contributed by atoms with Gasteiger partial charge in [-0.3, -0.25) is 0 Å². The Hall–Kier alpha value is -0.523. The fraction of sp³-hybridized carbons (Fsp3) is 0.917. The van der Waals surface area contributed by atoms with Crippen LogP contribution in [0.1, 0.15) is 39.0 Å². The molecule has 1 aliphatic rings. The summed E-state index contributed by atoms with van der Waals surface area (Å²) in [5.74, 6) is 0. The lowest BCUT2D eigenvalue weighted by atomic mass is 10.1. The van der Waals surface area contributed by atoms with Gasteiger partial charge in [-0.25, -0.2) is 10.8 Å². The Morgan fingerprint density at radius 2 is 1.72 bits per heavy atom. The van der Waals surface area contributed by atoms with Gasteiger partial charge in [0.15, 0.2) is 0 Å². The van der Waals surface area contributed by atoms with E-state index in [1.54, 1.807) is 21.3 Å². The average molecular weight is 274 g/mol. The molecule has 0 aliphatic carbocycles. The highest BCUT2D eigenvalue weighted by molar-refractivity contribution is 6.70. The van der Waals surface area contributed by atoms with E-state index in [0.717, 1.165) is 25.3 Å². The highest BCUT2D eigenvalue weighted by atomic mass is 28.4. The van der Waals surface area contributed by atoms with Crippen LogP contribution in [0.2, 0.25) is 6.04 Å². The number of ether oxygens (including phenoxy) is 1. The predicted molar refractivity (Wildman–Crippen MR) is 73.5 cm³/mol. The molecule has 0 aromatic carbocycles. The fourth-order valence-corrected chi connectivity index (χ4v) is 6.91. The Bertz CT molecular complexity index is 262. The third kappa shape index (κ3) is 3.49. The highest BCUT2D eigenvalue weighted by Crippen LogP contribution is 2.42. The second-order valence-electron chi connectivity index (χ2n) is 4.44. The molecule has 1 fully saturated rings. The molecule has 0 radical (unpaired) electrons. The van der Waals surface area contributed by atoms with Crippen LogP contribution in [0.15, 0.2) is 0 Å². The fourth-order valence-electron chi connectivity index (χ4n) is 2.92. The van der Waals surface area contributed by atoms with Crippen LogP contribution in [-0.2, 0) is 13.6 Å². The molecule has 0 aromatic rings. The minimum absolute atomic E-state index is 0.122. The second-order valence-corrected chi connectivity index (χ2v) is 8.18. The quantitative estimate of drug-likeness (QED) is 0.598. The van der Waals surface area contributed by atoms with E-state index in [1.807, 2.05) is 0 Å². The standard InChI is InChI=1S/C11H24O3Si.CH2N2/c1-5-8-11(12-2)9-6-7-10-15(11,13-3)14-4;2-1-3/h5-10H2,1-4H3;2-3H. The number of hydrogen-bond acceptors (Lipinski definition) is 5. The first-order valence-electron chi connectivity index (χ1n) is 6.35. The van der Waals surface area contributed by atoms with Crippen LogP contribution >= 0.6 is 0 Å². The molecular weight excluding hydrogens is 248 g/mol. The van der Waals surface area contributed by atoms with E-state index in [2.05, 4.69) is 6.92 Å². The molecule has 1 rings (SSSR count). The Kier molecular flexibility index (Phi) is 8.31. The summed E-state index contributed by atoms with van der Waals surface area (Å²) in [6.07, 6.45) is 5.70. The van der Waals surface area contributed by atoms with E-state index in [0.29, 0.717) is 0 Å². The van der Waals surface area contributed by atoms with Gasteiger partial charge in [0, 0.05) is 21.3 Å². The summed E-state index contributed by atoms with van der Waals surface area (Å²) in [5.41, 5.74) is 0. The van der Waals surface area contributed by atoms with Crippen LogP contribution in [0.5, 0.6) is 0 Å². The molecule has 1 saturated heterocycles. The van der Waals surface area contributed by atoms with Crippen molar-refractivity contribution in [3.05, 3.63) is 0 Å². The molecule has 0 bridgehead atoms. The van der Waals surface area contributed by atoms with Crippen molar-refractivity contribution < 1.29 is 13.6 Å². The van der Waals surface area contributed by atoms with Crippen LogP contribution < -0.4 is 0 Å². The summed E-state index contributed by atoms with van der Waals surface area (Å²) >= 11 is 0. The Labute approximate surface area is 111 Å². The van der Waals surface area contributed by atoms with Gasteiger partial charge in [0.25, 0.3) is 0 Å². The smallest absolute Gasteiger partial charge is 0.370 e. The zero-order chi connectivity index (χ0) is 14.1. The predicted octanol–water partition coefficient (Wildman–Crippen LogP) is 2.95. The van der Waals surface area contributed by atoms with E-state index in [4.69, 9.17) is 24.4 Å². The lowest BCUT2D eigenvalue weighted by Crippen LogP contribution is -2.64. The van der Waals surface area contributed by atoms with Gasteiger partial charge in [-0.2, -0.15) is 0 Å². The van der Waals surface area contributed by atoms with Crippen LogP contribution in [0.3, 0.4) is 0 Å². The van der Waals surface area contributed by atoms with Crippen molar-refractivity contribution >= 4 is 14.6 Å². The molecule has 106 valence electrons. The molecule has 2 N–H and O–H groups in total. The monoisotopic (exact) mass is 274 g/mol. The minimum Gasteiger partial charge on any atom is -0.396 e. The summed E-state index contributed by atoms with van der Waals surface area (Å²) in [4.78, 5) is 0. The van der Waals surface area contributed by atoms with Gasteiger partial charge in [-0.05, 0) is 18.9 Å². The summed E-state index contributed by atoms with van der Waals surface area (Å²) in [6, 6.07) is 2.31. The number of rotatable bonds is 5. The van der Waals surface area contributed by atoms with Crippen molar-refractivity contribution in [1.82, 2.24) is 0 Å². The first kappa shape index (κ1) is 17.5.